The van der Waals surface area contributed by atoms with Gasteiger partial charge >= 0.3 is 0 Å². The molecule has 2 aliphatic rings. The van der Waals surface area contributed by atoms with Crippen LogP contribution in [0.25, 0.3) is 0 Å². The van der Waals surface area contributed by atoms with Gasteiger partial charge in [-0.15, -0.1) is 12.4 Å². The first kappa shape index (κ1) is 21.2. The topological polar surface area (TPSA) is 101 Å². The first-order valence-corrected chi connectivity index (χ1v) is 10.6. The molecule has 26 heavy (non-hydrogen) atoms. The molecule has 6 nitrogen and oxygen atoms in total. The third kappa shape index (κ3) is 5.19. The van der Waals surface area contributed by atoms with Crippen LogP contribution in [0.2, 0.25) is 0 Å². The summed E-state index contributed by atoms with van der Waals surface area (Å²) >= 11 is 0. The molecule has 0 saturated heterocycles. The van der Waals surface area contributed by atoms with Crippen molar-refractivity contribution in [2.24, 2.45) is 23.5 Å². The molecule has 2 atom stereocenters. The quantitative estimate of drug-likeness (QED) is 0.653. The fourth-order valence-electron chi connectivity index (χ4n) is 3.85. The molecule has 1 aromatic rings. The van der Waals surface area contributed by atoms with Gasteiger partial charge in [-0.05, 0) is 36.5 Å². The minimum Gasteiger partial charge on any atom is -0.329 e. The fourth-order valence-corrected chi connectivity index (χ4v) is 4.95. The number of anilines is 1. The van der Waals surface area contributed by atoms with Crippen LogP contribution in [0.15, 0.2) is 29.2 Å². The van der Waals surface area contributed by atoms with Crippen LogP contribution in [0.5, 0.6) is 0 Å². The second-order valence-electron chi connectivity index (χ2n) is 7.11. The molecular formula is C18H28ClN3O3S. The predicted octanol–water partition coefficient (Wildman–Crippen LogP) is 2.50. The van der Waals surface area contributed by atoms with E-state index in [1.165, 1.54) is 44.2 Å². The molecule has 3 rings (SSSR count). The van der Waals surface area contributed by atoms with Crippen LogP contribution in [-0.2, 0) is 14.8 Å². The van der Waals surface area contributed by atoms with E-state index in [2.05, 4.69) is 10.0 Å². The molecule has 2 aliphatic carbocycles. The van der Waals surface area contributed by atoms with Crippen LogP contribution in [0.1, 0.15) is 38.5 Å². The van der Waals surface area contributed by atoms with Crippen LogP contribution in [0, 0.1) is 17.8 Å². The van der Waals surface area contributed by atoms with Gasteiger partial charge in [-0.25, -0.2) is 13.1 Å². The van der Waals surface area contributed by atoms with Gasteiger partial charge in [0.15, 0.2) is 0 Å². The van der Waals surface area contributed by atoms with E-state index >= 15 is 0 Å². The average Bonchev–Trinajstić information content (AvgIpc) is 3.42. The summed E-state index contributed by atoms with van der Waals surface area (Å²) < 4.78 is 26.7. The van der Waals surface area contributed by atoms with E-state index < -0.39 is 10.0 Å². The number of hydrogen-bond donors (Lipinski definition) is 3. The normalized spacial score (nSPS) is 23.1. The van der Waals surface area contributed by atoms with Crippen molar-refractivity contribution in [1.29, 1.82) is 0 Å². The van der Waals surface area contributed by atoms with Crippen LogP contribution in [0.3, 0.4) is 0 Å². The van der Waals surface area contributed by atoms with Crippen molar-refractivity contribution in [1.82, 2.24) is 4.72 Å². The van der Waals surface area contributed by atoms with Crippen molar-refractivity contribution < 1.29 is 13.2 Å². The molecule has 0 aromatic heterocycles. The van der Waals surface area contributed by atoms with E-state index in [0.29, 0.717) is 17.5 Å². The van der Waals surface area contributed by atoms with Crippen LogP contribution < -0.4 is 15.8 Å². The van der Waals surface area contributed by atoms with Crippen LogP contribution in [-0.4, -0.2) is 27.4 Å². The third-order valence-corrected chi connectivity index (χ3v) is 6.74. The van der Waals surface area contributed by atoms with E-state index in [-0.39, 0.29) is 42.2 Å². The molecule has 2 saturated carbocycles. The highest BCUT2D eigenvalue weighted by atomic mass is 35.5. The number of hydrogen-bond acceptors (Lipinski definition) is 4. The zero-order valence-corrected chi connectivity index (χ0v) is 16.4. The van der Waals surface area contributed by atoms with E-state index in [1.807, 2.05) is 0 Å². The van der Waals surface area contributed by atoms with Gasteiger partial charge in [0.25, 0.3) is 0 Å². The molecule has 0 bridgehead atoms. The summed E-state index contributed by atoms with van der Waals surface area (Å²) in [6.45, 7) is 0.421. The Bertz CT molecular complexity index is 720. The lowest BCUT2D eigenvalue weighted by Gasteiger charge is -2.21. The molecule has 0 spiro atoms. The molecule has 4 N–H and O–H groups in total. The molecule has 1 aromatic carbocycles. The summed E-state index contributed by atoms with van der Waals surface area (Å²) in [5.74, 6) is 1.30. The van der Waals surface area contributed by atoms with E-state index in [1.54, 1.807) is 12.1 Å². The molecular weight excluding hydrogens is 374 g/mol. The number of benzene rings is 1. The lowest BCUT2D eigenvalue weighted by atomic mass is 9.85. The molecule has 8 heteroatoms. The Balaban J connectivity index is 0.00000243. The minimum atomic E-state index is -3.59. The van der Waals surface area contributed by atoms with Crippen molar-refractivity contribution in [3.8, 4) is 0 Å². The summed E-state index contributed by atoms with van der Waals surface area (Å²) in [4.78, 5) is 12.6. The molecule has 0 aliphatic heterocycles. The minimum absolute atomic E-state index is 0. The van der Waals surface area contributed by atoms with Gasteiger partial charge in [-0.1, -0.05) is 38.2 Å². The highest BCUT2D eigenvalue weighted by molar-refractivity contribution is 7.89. The van der Waals surface area contributed by atoms with Gasteiger partial charge in [-0.3, -0.25) is 4.79 Å². The number of halogens is 1. The van der Waals surface area contributed by atoms with Crippen molar-refractivity contribution in [3.05, 3.63) is 24.3 Å². The predicted molar refractivity (Wildman–Crippen MR) is 105 cm³/mol. The third-order valence-electron chi connectivity index (χ3n) is 5.28. The number of sulfonamides is 1. The second-order valence-corrected chi connectivity index (χ2v) is 8.87. The van der Waals surface area contributed by atoms with E-state index in [0.717, 1.165) is 6.42 Å². The molecule has 2 fully saturated rings. The average molecular weight is 402 g/mol. The Labute approximate surface area is 161 Å². The maximum atomic E-state index is 12.5. The maximum Gasteiger partial charge on any atom is 0.240 e. The second kappa shape index (κ2) is 9.17. The Hall–Kier alpha value is -1.15. The maximum absolute atomic E-state index is 12.5. The Morgan fingerprint density at radius 3 is 2.62 bits per heavy atom. The van der Waals surface area contributed by atoms with Gasteiger partial charge in [0, 0.05) is 24.7 Å². The Morgan fingerprint density at radius 1 is 1.19 bits per heavy atom. The van der Waals surface area contributed by atoms with Gasteiger partial charge in [-0.2, -0.15) is 0 Å². The zero-order valence-electron chi connectivity index (χ0n) is 14.8. The van der Waals surface area contributed by atoms with Gasteiger partial charge in [0.2, 0.25) is 15.9 Å². The fraction of sp³-hybridized carbons (Fsp3) is 0.611. The van der Waals surface area contributed by atoms with Crippen molar-refractivity contribution in [2.75, 3.05) is 18.4 Å². The van der Waals surface area contributed by atoms with Crippen molar-refractivity contribution in [3.63, 3.8) is 0 Å². The first-order chi connectivity index (χ1) is 12.0. The highest BCUT2D eigenvalue weighted by Crippen LogP contribution is 2.49. The smallest absolute Gasteiger partial charge is 0.240 e. The largest absolute Gasteiger partial charge is 0.329 e. The molecule has 0 heterocycles. The molecule has 0 radical (unpaired) electrons. The zero-order chi connectivity index (χ0) is 17.9. The number of nitrogens with two attached hydrogens (primary N) is 1. The van der Waals surface area contributed by atoms with Crippen LogP contribution >= 0.6 is 12.4 Å². The van der Waals surface area contributed by atoms with E-state index in [9.17, 15) is 13.2 Å². The lowest BCUT2D eigenvalue weighted by Crippen LogP contribution is -2.29. The molecule has 1 amide bonds. The summed E-state index contributed by atoms with van der Waals surface area (Å²) in [6, 6.07) is 6.36. The lowest BCUT2D eigenvalue weighted by molar-refractivity contribution is -0.117. The monoisotopic (exact) mass is 401 g/mol. The Morgan fingerprint density at radius 2 is 1.92 bits per heavy atom. The summed E-state index contributed by atoms with van der Waals surface area (Å²) in [7, 11) is -3.59. The van der Waals surface area contributed by atoms with Gasteiger partial charge in [0.1, 0.15) is 0 Å². The number of carbonyl (C=O) groups is 1. The number of amides is 1. The number of nitrogens with one attached hydrogen (secondary N) is 2. The van der Waals surface area contributed by atoms with Crippen LogP contribution in [0.4, 0.5) is 5.69 Å². The molecule has 146 valence electrons. The standard InChI is InChI=1S/C18H27N3O3S.ClH/c19-9-10-20-25(23,24)15-8-4-7-14(11-15)21-18(22)17-12-16(17)13-5-2-1-3-6-13;/h4,7-8,11,13,16-17,20H,1-3,5-6,9-10,12,19H2,(H,21,22);1H. The Kier molecular flexibility index (Phi) is 7.46. The first-order valence-electron chi connectivity index (χ1n) is 9.12. The molecule has 2 unspecified atom stereocenters. The van der Waals surface area contributed by atoms with Gasteiger partial charge < -0.3 is 11.1 Å². The highest BCUT2D eigenvalue weighted by Gasteiger charge is 2.47. The SMILES string of the molecule is Cl.NCCNS(=O)(=O)c1cccc(NC(=O)C2CC2C2CCCCC2)c1. The van der Waals surface area contributed by atoms with Crippen molar-refractivity contribution in [2.45, 2.75) is 43.4 Å². The van der Waals surface area contributed by atoms with Gasteiger partial charge in [0.05, 0.1) is 4.90 Å². The summed E-state index contributed by atoms with van der Waals surface area (Å²) in [6.07, 6.45) is 7.34. The van der Waals surface area contributed by atoms with E-state index in [4.69, 9.17) is 5.73 Å². The summed E-state index contributed by atoms with van der Waals surface area (Å²) in [5.41, 5.74) is 5.86. The summed E-state index contributed by atoms with van der Waals surface area (Å²) in [5, 5.41) is 2.89. The van der Waals surface area contributed by atoms with Crippen molar-refractivity contribution >= 4 is 34.0 Å². The number of carbonyl (C=O) groups excluding carboxylic acids is 1. The number of rotatable bonds is 7.